The summed E-state index contributed by atoms with van der Waals surface area (Å²) in [7, 11) is 1.48. The van der Waals surface area contributed by atoms with E-state index in [0.717, 1.165) is 19.5 Å². The number of likely N-dealkylation sites (tertiary alicyclic amines) is 1. The van der Waals surface area contributed by atoms with Crippen LogP contribution in [0.15, 0.2) is 12.1 Å². The van der Waals surface area contributed by atoms with Crippen molar-refractivity contribution in [3.8, 4) is 5.75 Å². The molecular weight excluding hydrogens is 306 g/mol. The maximum Gasteiger partial charge on any atom is 0.255 e. The molecule has 0 aliphatic carbocycles. The SMILES string of the molecule is CCN1C[C@H](NC(=O)c2cc(Cl)c(N)cc2OC)C[C@H]1CO. The molecule has 0 bridgehead atoms. The summed E-state index contributed by atoms with van der Waals surface area (Å²) in [6.45, 7) is 3.69. The summed E-state index contributed by atoms with van der Waals surface area (Å²) in [5, 5.41) is 12.7. The van der Waals surface area contributed by atoms with Gasteiger partial charge in [0.2, 0.25) is 0 Å². The Kier molecular flexibility index (Phi) is 5.50. The predicted octanol–water partition coefficient (Wildman–Crippen LogP) is 1.12. The number of nitrogens with zero attached hydrogens (tertiary/aromatic N) is 1. The van der Waals surface area contributed by atoms with Gasteiger partial charge in [-0.1, -0.05) is 18.5 Å². The average Bonchev–Trinajstić information content (AvgIpc) is 2.91. The molecule has 7 heteroatoms. The fourth-order valence-corrected chi connectivity index (χ4v) is 3.01. The number of ether oxygens (including phenoxy) is 1. The molecule has 0 spiro atoms. The normalized spacial score (nSPS) is 21.8. The van der Waals surface area contributed by atoms with Gasteiger partial charge >= 0.3 is 0 Å². The van der Waals surface area contributed by atoms with Crippen molar-refractivity contribution in [2.24, 2.45) is 0 Å². The highest BCUT2D eigenvalue weighted by Gasteiger charge is 2.32. The Morgan fingerprint density at radius 1 is 1.59 bits per heavy atom. The van der Waals surface area contributed by atoms with E-state index in [9.17, 15) is 9.90 Å². The second-order valence-electron chi connectivity index (χ2n) is 5.40. The minimum absolute atomic E-state index is 0.00867. The quantitative estimate of drug-likeness (QED) is 0.705. The van der Waals surface area contributed by atoms with E-state index in [-0.39, 0.29) is 24.6 Å². The number of methoxy groups -OCH3 is 1. The maximum atomic E-state index is 12.5. The van der Waals surface area contributed by atoms with Gasteiger partial charge in [0.25, 0.3) is 5.91 Å². The standard InChI is InChI=1S/C15H22ClN3O3/c1-3-19-7-9(4-10(19)8-20)18-15(21)11-5-12(16)13(17)6-14(11)22-2/h5-6,9-10,20H,3-4,7-8,17H2,1-2H3,(H,18,21)/t9-,10+/m1/s1. The number of benzene rings is 1. The van der Waals surface area contributed by atoms with E-state index in [1.165, 1.54) is 13.2 Å². The largest absolute Gasteiger partial charge is 0.496 e. The number of amides is 1. The zero-order valence-corrected chi connectivity index (χ0v) is 13.6. The third-order valence-corrected chi connectivity index (χ3v) is 4.37. The fourth-order valence-electron chi connectivity index (χ4n) is 2.84. The van der Waals surface area contributed by atoms with Crippen LogP contribution in [0.1, 0.15) is 23.7 Å². The summed E-state index contributed by atoms with van der Waals surface area (Å²) < 4.78 is 5.20. The average molecular weight is 328 g/mol. The van der Waals surface area contributed by atoms with E-state index in [2.05, 4.69) is 10.2 Å². The zero-order chi connectivity index (χ0) is 16.3. The highest BCUT2D eigenvalue weighted by atomic mass is 35.5. The summed E-state index contributed by atoms with van der Waals surface area (Å²) >= 11 is 5.99. The molecule has 1 heterocycles. The Balaban J connectivity index is 2.12. The Morgan fingerprint density at radius 3 is 2.86 bits per heavy atom. The van der Waals surface area contributed by atoms with Gasteiger partial charge in [0.1, 0.15) is 5.75 Å². The van der Waals surface area contributed by atoms with Crippen molar-refractivity contribution in [1.82, 2.24) is 10.2 Å². The Hall–Kier alpha value is -1.50. The summed E-state index contributed by atoms with van der Waals surface area (Å²) in [6, 6.07) is 3.14. The molecule has 0 aromatic heterocycles. The van der Waals surface area contributed by atoms with Gasteiger partial charge in [0, 0.05) is 24.7 Å². The van der Waals surface area contributed by atoms with Gasteiger partial charge < -0.3 is 20.9 Å². The van der Waals surface area contributed by atoms with Crippen molar-refractivity contribution in [2.45, 2.75) is 25.4 Å². The molecule has 0 saturated carbocycles. The Bertz CT molecular complexity index is 541. The number of rotatable bonds is 5. The van der Waals surface area contributed by atoms with E-state index < -0.39 is 0 Å². The topological polar surface area (TPSA) is 87.8 Å². The van der Waals surface area contributed by atoms with Crippen LogP contribution in [0, 0.1) is 0 Å². The van der Waals surface area contributed by atoms with Crippen LogP contribution in [0.4, 0.5) is 5.69 Å². The molecule has 6 nitrogen and oxygen atoms in total. The number of anilines is 1. The van der Waals surface area contributed by atoms with Crippen LogP contribution >= 0.6 is 11.6 Å². The molecule has 1 amide bonds. The predicted molar refractivity (Wildman–Crippen MR) is 86.4 cm³/mol. The Morgan fingerprint density at radius 2 is 2.32 bits per heavy atom. The number of halogens is 1. The van der Waals surface area contributed by atoms with E-state index >= 15 is 0 Å². The van der Waals surface area contributed by atoms with Gasteiger partial charge in [-0.15, -0.1) is 0 Å². The van der Waals surface area contributed by atoms with Crippen LogP contribution < -0.4 is 15.8 Å². The van der Waals surface area contributed by atoms with E-state index in [1.807, 2.05) is 6.92 Å². The third-order valence-electron chi connectivity index (χ3n) is 4.04. The molecule has 4 N–H and O–H groups in total. The highest BCUT2D eigenvalue weighted by Crippen LogP contribution is 2.29. The Labute approximate surface area is 135 Å². The first kappa shape index (κ1) is 16.9. The monoisotopic (exact) mass is 327 g/mol. The molecule has 1 aliphatic rings. The molecule has 2 rings (SSSR count). The summed E-state index contributed by atoms with van der Waals surface area (Å²) in [5.74, 6) is 0.141. The van der Waals surface area contributed by atoms with Gasteiger partial charge in [-0.2, -0.15) is 0 Å². The van der Waals surface area contributed by atoms with Gasteiger partial charge in [-0.05, 0) is 19.0 Å². The van der Waals surface area contributed by atoms with Crippen molar-refractivity contribution < 1.29 is 14.6 Å². The molecule has 2 atom stereocenters. The van der Waals surface area contributed by atoms with Crippen molar-refractivity contribution in [3.05, 3.63) is 22.7 Å². The van der Waals surface area contributed by atoms with Crippen LogP contribution in [0.5, 0.6) is 5.75 Å². The lowest BCUT2D eigenvalue weighted by atomic mass is 10.1. The molecule has 1 aliphatic heterocycles. The number of likely N-dealkylation sites (N-methyl/N-ethyl adjacent to an activating group) is 1. The number of nitrogens with one attached hydrogen (secondary N) is 1. The molecule has 22 heavy (non-hydrogen) atoms. The van der Waals surface area contributed by atoms with Gasteiger partial charge in [0.15, 0.2) is 0 Å². The lowest BCUT2D eigenvalue weighted by Gasteiger charge is -2.19. The van der Waals surface area contributed by atoms with Crippen molar-refractivity contribution in [2.75, 3.05) is 32.5 Å². The fraction of sp³-hybridized carbons (Fsp3) is 0.533. The molecule has 1 aromatic rings. The van der Waals surface area contributed by atoms with Crippen molar-refractivity contribution in [1.29, 1.82) is 0 Å². The first-order chi connectivity index (χ1) is 10.5. The smallest absolute Gasteiger partial charge is 0.255 e. The molecular formula is C15H22ClN3O3. The number of carbonyl (C=O) groups is 1. The van der Waals surface area contributed by atoms with E-state index in [4.69, 9.17) is 22.1 Å². The van der Waals surface area contributed by atoms with Crippen molar-refractivity contribution >= 4 is 23.2 Å². The lowest BCUT2D eigenvalue weighted by molar-refractivity contribution is 0.0935. The molecule has 1 saturated heterocycles. The molecule has 0 unspecified atom stereocenters. The third kappa shape index (κ3) is 3.45. The first-order valence-electron chi connectivity index (χ1n) is 7.28. The van der Waals surface area contributed by atoms with Gasteiger partial charge in [-0.25, -0.2) is 0 Å². The van der Waals surface area contributed by atoms with Crippen LogP contribution in [0.2, 0.25) is 5.02 Å². The highest BCUT2D eigenvalue weighted by molar-refractivity contribution is 6.33. The second kappa shape index (κ2) is 7.17. The molecule has 122 valence electrons. The first-order valence-corrected chi connectivity index (χ1v) is 7.66. The summed E-state index contributed by atoms with van der Waals surface area (Å²) in [6.07, 6.45) is 0.723. The van der Waals surface area contributed by atoms with Gasteiger partial charge in [-0.3, -0.25) is 9.69 Å². The number of hydrogen-bond donors (Lipinski definition) is 3. The molecule has 1 aromatic carbocycles. The minimum atomic E-state index is -0.251. The number of aliphatic hydroxyl groups is 1. The number of aliphatic hydroxyl groups excluding tert-OH is 1. The van der Waals surface area contributed by atoms with E-state index in [0.29, 0.717) is 22.0 Å². The molecule has 1 fully saturated rings. The van der Waals surface area contributed by atoms with Crippen molar-refractivity contribution in [3.63, 3.8) is 0 Å². The minimum Gasteiger partial charge on any atom is -0.496 e. The van der Waals surface area contributed by atoms with Crippen LogP contribution in [-0.2, 0) is 0 Å². The van der Waals surface area contributed by atoms with E-state index in [1.54, 1.807) is 6.07 Å². The number of nitrogen functional groups attached to an aromatic ring is 1. The number of nitrogens with two attached hydrogens (primary N) is 1. The van der Waals surface area contributed by atoms with Crippen LogP contribution in [0.3, 0.4) is 0 Å². The molecule has 0 radical (unpaired) electrons. The number of carbonyl (C=O) groups excluding carboxylic acids is 1. The van der Waals surface area contributed by atoms with Crippen LogP contribution in [-0.4, -0.2) is 54.8 Å². The van der Waals surface area contributed by atoms with Gasteiger partial charge in [0.05, 0.1) is 30.0 Å². The lowest BCUT2D eigenvalue weighted by Crippen LogP contribution is -2.37. The summed E-state index contributed by atoms with van der Waals surface area (Å²) in [5.41, 5.74) is 6.45. The second-order valence-corrected chi connectivity index (χ2v) is 5.81. The van der Waals surface area contributed by atoms with Crippen LogP contribution in [0.25, 0.3) is 0 Å². The zero-order valence-electron chi connectivity index (χ0n) is 12.8. The summed E-state index contributed by atoms with van der Waals surface area (Å²) in [4.78, 5) is 14.6. The number of hydrogen-bond acceptors (Lipinski definition) is 5. The maximum absolute atomic E-state index is 12.5.